The van der Waals surface area contributed by atoms with Gasteiger partial charge in [0.05, 0.1) is 12.6 Å². The molecule has 1 unspecified atom stereocenters. The van der Waals surface area contributed by atoms with Gasteiger partial charge < -0.3 is 5.11 Å². The van der Waals surface area contributed by atoms with Gasteiger partial charge in [-0.25, -0.2) is 8.78 Å². The van der Waals surface area contributed by atoms with E-state index in [4.69, 9.17) is 0 Å². The molecule has 2 aromatic carbocycles. The Morgan fingerprint density at radius 2 is 1.43 bits per heavy atom. The summed E-state index contributed by atoms with van der Waals surface area (Å²) in [4.78, 5) is 2.25. The number of halogens is 2. The van der Waals surface area contributed by atoms with Gasteiger partial charge in [-0.05, 0) is 54.8 Å². The largest absolute Gasteiger partial charge is 0.395 e. The molecule has 1 atom stereocenters. The first-order valence-electron chi connectivity index (χ1n) is 8.06. The molecule has 1 saturated heterocycles. The molecule has 0 aliphatic carbocycles. The molecule has 0 aromatic heterocycles. The smallest absolute Gasteiger partial charge is 0.123 e. The zero-order valence-electron chi connectivity index (χ0n) is 13.0. The van der Waals surface area contributed by atoms with E-state index in [0.29, 0.717) is 0 Å². The third-order valence-corrected chi connectivity index (χ3v) is 4.59. The summed E-state index contributed by atoms with van der Waals surface area (Å²) in [6.45, 7) is 0.962. The fourth-order valence-corrected chi connectivity index (χ4v) is 3.42. The van der Waals surface area contributed by atoms with Crippen molar-refractivity contribution < 1.29 is 13.9 Å². The average Bonchev–Trinajstić information content (AvgIpc) is 2.59. The Labute approximate surface area is 135 Å². The van der Waals surface area contributed by atoms with Gasteiger partial charge in [0.25, 0.3) is 0 Å². The number of nitrogens with zero attached hydrogens (tertiary/aromatic N) is 1. The van der Waals surface area contributed by atoms with Crippen LogP contribution in [0.1, 0.15) is 36.4 Å². The molecule has 4 heteroatoms. The Morgan fingerprint density at radius 3 is 1.91 bits per heavy atom. The summed E-state index contributed by atoms with van der Waals surface area (Å²) in [5.41, 5.74) is 1.91. The molecule has 122 valence electrons. The number of hydrogen-bond acceptors (Lipinski definition) is 2. The number of piperidine rings is 1. The molecular weight excluding hydrogens is 296 g/mol. The maximum atomic E-state index is 13.3. The van der Waals surface area contributed by atoms with Gasteiger partial charge >= 0.3 is 0 Å². The second-order valence-corrected chi connectivity index (χ2v) is 6.08. The summed E-state index contributed by atoms with van der Waals surface area (Å²) >= 11 is 0. The predicted octanol–water partition coefficient (Wildman–Crippen LogP) is 3.90. The van der Waals surface area contributed by atoms with Crippen LogP contribution < -0.4 is 0 Å². The Balaban J connectivity index is 2.01. The monoisotopic (exact) mass is 317 g/mol. The molecule has 1 N–H and O–H groups in total. The zero-order chi connectivity index (χ0) is 16.2. The lowest BCUT2D eigenvalue weighted by atomic mass is 9.92. The van der Waals surface area contributed by atoms with E-state index in [0.717, 1.165) is 36.9 Å². The Morgan fingerprint density at radius 1 is 0.913 bits per heavy atom. The van der Waals surface area contributed by atoms with Gasteiger partial charge in [-0.2, -0.15) is 0 Å². The van der Waals surface area contributed by atoms with E-state index < -0.39 is 0 Å². The number of aliphatic hydroxyl groups excluding tert-OH is 1. The first kappa shape index (κ1) is 16.1. The summed E-state index contributed by atoms with van der Waals surface area (Å²) in [6, 6.07) is 12.8. The van der Waals surface area contributed by atoms with Crippen molar-refractivity contribution in [2.45, 2.75) is 31.3 Å². The molecule has 0 spiro atoms. The molecule has 23 heavy (non-hydrogen) atoms. The highest BCUT2D eigenvalue weighted by Gasteiger charge is 2.30. The first-order chi connectivity index (χ1) is 11.2. The maximum absolute atomic E-state index is 13.3. The normalized spacial score (nSPS) is 19.2. The van der Waals surface area contributed by atoms with Gasteiger partial charge in [-0.3, -0.25) is 4.90 Å². The number of aliphatic hydroxyl groups is 1. The topological polar surface area (TPSA) is 23.5 Å². The summed E-state index contributed by atoms with van der Waals surface area (Å²) < 4.78 is 26.6. The SMILES string of the molecule is OCC1CCCCN1C(c1ccc(F)cc1)c1ccc(F)cc1. The summed E-state index contributed by atoms with van der Waals surface area (Å²) in [5, 5.41) is 9.73. The standard InChI is InChI=1S/C19H21F2NO/c20-16-8-4-14(5-9-16)19(15-6-10-17(21)11-7-15)22-12-2-1-3-18(22)13-23/h4-11,18-19,23H,1-3,12-13H2. The van der Waals surface area contributed by atoms with E-state index in [9.17, 15) is 13.9 Å². The van der Waals surface area contributed by atoms with Gasteiger partial charge in [0.15, 0.2) is 0 Å². The summed E-state index contributed by atoms with van der Waals surface area (Å²) in [6.07, 6.45) is 3.10. The van der Waals surface area contributed by atoms with Crippen LogP contribution in [-0.4, -0.2) is 29.2 Å². The van der Waals surface area contributed by atoms with E-state index in [2.05, 4.69) is 4.90 Å². The lowest BCUT2D eigenvalue weighted by Gasteiger charge is -2.41. The van der Waals surface area contributed by atoms with E-state index in [1.54, 1.807) is 24.3 Å². The quantitative estimate of drug-likeness (QED) is 0.924. The third-order valence-electron chi connectivity index (χ3n) is 4.59. The number of hydrogen-bond donors (Lipinski definition) is 1. The molecule has 3 rings (SSSR count). The Kier molecular flexibility index (Phi) is 5.03. The third kappa shape index (κ3) is 3.59. The highest BCUT2D eigenvalue weighted by atomic mass is 19.1. The van der Waals surface area contributed by atoms with Gasteiger partial charge in [0.2, 0.25) is 0 Å². The molecule has 0 bridgehead atoms. The maximum Gasteiger partial charge on any atom is 0.123 e. The Bertz CT molecular complexity index is 581. The average molecular weight is 317 g/mol. The van der Waals surface area contributed by atoms with Crippen LogP contribution in [0.5, 0.6) is 0 Å². The molecule has 2 aromatic rings. The van der Waals surface area contributed by atoms with E-state index in [-0.39, 0.29) is 30.3 Å². The minimum Gasteiger partial charge on any atom is -0.395 e. The lowest BCUT2D eigenvalue weighted by molar-refractivity contribution is 0.0658. The van der Waals surface area contributed by atoms with Crippen molar-refractivity contribution >= 4 is 0 Å². The summed E-state index contributed by atoms with van der Waals surface area (Å²) in [7, 11) is 0. The van der Waals surface area contributed by atoms with Gasteiger partial charge in [-0.15, -0.1) is 0 Å². The van der Waals surface area contributed by atoms with Gasteiger partial charge in [-0.1, -0.05) is 30.7 Å². The highest BCUT2D eigenvalue weighted by molar-refractivity contribution is 5.32. The minimum absolute atomic E-state index is 0.0730. The van der Waals surface area contributed by atoms with E-state index in [1.807, 2.05) is 0 Å². The van der Waals surface area contributed by atoms with E-state index >= 15 is 0 Å². The lowest BCUT2D eigenvalue weighted by Crippen LogP contribution is -2.44. The molecule has 2 nitrogen and oxygen atoms in total. The number of rotatable bonds is 4. The van der Waals surface area contributed by atoms with Crippen molar-refractivity contribution in [2.24, 2.45) is 0 Å². The zero-order valence-corrected chi connectivity index (χ0v) is 13.0. The molecule has 1 aliphatic heterocycles. The molecule has 1 heterocycles. The molecule has 0 amide bonds. The van der Waals surface area contributed by atoms with Gasteiger partial charge in [0, 0.05) is 6.04 Å². The summed E-state index contributed by atoms with van der Waals surface area (Å²) in [5.74, 6) is -0.548. The molecule has 1 fully saturated rings. The molecule has 0 radical (unpaired) electrons. The van der Waals surface area contributed by atoms with Gasteiger partial charge in [0.1, 0.15) is 11.6 Å². The van der Waals surface area contributed by atoms with Crippen LogP contribution in [0.25, 0.3) is 0 Å². The Hall–Kier alpha value is -1.78. The first-order valence-corrected chi connectivity index (χ1v) is 8.06. The van der Waals surface area contributed by atoms with Crippen molar-refractivity contribution in [3.63, 3.8) is 0 Å². The van der Waals surface area contributed by atoms with Crippen molar-refractivity contribution in [1.29, 1.82) is 0 Å². The van der Waals surface area contributed by atoms with Crippen molar-refractivity contribution in [1.82, 2.24) is 4.90 Å². The van der Waals surface area contributed by atoms with Crippen LogP contribution in [0.2, 0.25) is 0 Å². The fourth-order valence-electron chi connectivity index (χ4n) is 3.42. The van der Waals surface area contributed by atoms with Crippen molar-refractivity contribution in [3.8, 4) is 0 Å². The van der Waals surface area contributed by atoms with Crippen LogP contribution in [-0.2, 0) is 0 Å². The fraction of sp³-hybridized carbons (Fsp3) is 0.368. The molecule has 0 saturated carbocycles. The van der Waals surface area contributed by atoms with Crippen LogP contribution >= 0.6 is 0 Å². The van der Waals surface area contributed by atoms with Crippen LogP contribution in [0.15, 0.2) is 48.5 Å². The second kappa shape index (κ2) is 7.20. The van der Waals surface area contributed by atoms with Crippen molar-refractivity contribution in [2.75, 3.05) is 13.2 Å². The predicted molar refractivity (Wildman–Crippen MR) is 86.1 cm³/mol. The minimum atomic E-state index is -0.274. The van der Waals surface area contributed by atoms with E-state index in [1.165, 1.54) is 24.3 Å². The second-order valence-electron chi connectivity index (χ2n) is 6.08. The molecule has 1 aliphatic rings. The number of benzene rings is 2. The number of likely N-dealkylation sites (tertiary alicyclic amines) is 1. The van der Waals surface area contributed by atoms with Crippen LogP contribution in [0, 0.1) is 11.6 Å². The highest BCUT2D eigenvalue weighted by Crippen LogP contribution is 2.34. The van der Waals surface area contributed by atoms with Crippen LogP contribution in [0.3, 0.4) is 0 Å². The molecular formula is C19H21F2NO. The van der Waals surface area contributed by atoms with Crippen LogP contribution in [0.4, 0.5) is 8.78 Å². The van der Waals surface area contributed by atoms with Crippen molar-refractivity contribution in [3.05, 3.63) is 71.3 Å².